The Kier molecular flexibility index (Phi) is 7.64. The van der Waals surface area contributed by atoms with Crippen molar-refractivity contribution in [3.8, 4) is 5.75 Å². The number of anilines is 2. The minimum Gasteiger partial charge on any atom is -0.497 e. The summed E-state index contributed by atoms with van der Waals surface area (Å²) in [4.78, 5) is 50.5. The van der Waals surface area contributed by atoms with Crippen LogP contribution >= 0.6 is 11.3 Å². The van der Waals surface area contributed by atoms with Crippen molar-refractivity contribution in [1.29, 1.82) is 0 Å². The highest BCUT2D eigenvalue weighted by Crippen LogP contribution is 2.35. The summed E-state index contributed by atoms with van der Waals surface area (Å²) >= 11 is 0.922. The summed E-state index contributed by atoms with van der Waals surface area (Å²) < 4.78 is 14.7. The van der Waals surface area contributed by atoms with Crippen LogP contribution in [-0.2, 0) is 9.47 Å². The van der Waals surface area contributed by atoms with Crippen LogP contribution in [-0.4, -0.2) is 45.1 Å². The molecule has 2 amide bonds. The zero-order valence-corrected chi connectivity index (χ0v) is 19.7. The molecule has 34 heavy (non-hydrogen) atoms. The lowest BCUT2D eigenvalue weighted by Gasteiger charge is -2.09. The molecule has 1 heterocycles. The van der Waals surface area contributed by atoms with Gasteiger partial charge in [0.05, 0.1) is 43.0 Å². The Morgan fingerprint density at radius 1 is 0.794 bits per heavy atom. The van der Waals surface area contributed by atoms with Crippen molar-refractivity contribution in [3.63, 3.8) is 0 Å². The van der Waals surface area contributed by atoms with Crippen LogP contribution in [0, 0.1) is 6.92 Å². The number of thiophene rings is 1. The molecule has 10 heteroatoms. The fraction of sp³-hybridized carbons (Fsp3) is 0.167. The first-order chi connectivity index (χ1) is 16.3. The topological polar surface area (TPSA) is 120 Å². The van der Waals surface area contributed by atoms with Crippen LogP contribution in [0.2, 0.25) is 0 Å². The number of methoxy groups -OCH3 is 3. The maximum Gasteiger partial charge on any atom is 0.341 e. The van der Waals surface area contributed by atoms with Crippen LogP contribution in [0.4, 0.5) is 10.7 Å². The van der Waals surface area contributed by atoms with E-state index in [1.165, 1.54) is 27.4 Å². The Balaban J connectivity index is 1.94. The van der Waals surface area contributed by atoms with Gasteiger partial charge in [-0.1, -0.05) is 12.1 Å². The van der Waals surface area contributed by atoms with E-state index in [4.69, 9.17) is 14.2 Å². The molecule has 176 valence electrons. The third-order valence-electron chi connectivity index (χ3n) is 4.90. The molecule has 0 unspecified atom stereocenters. The third kappa shape index (κ3) is 5.07. The van der Waals surface area contributed by atoms with Gasteiger partial charge in [-0.25, -0.2) is 9.59 Å². The van der Waals surface area contributed by atoms with Gasteiger partial charge in [-0.3, -0.25) is 9.59 Å². The van der Waals surface area contributed by atoms with Crippen LogP contribution in [0.1, 0.15) is 46.3 Å². The lowest BCUT2D eigenvalue weighted by molar-refractivity contribution is 0.0592. The largest absolute Gasteiger partial charge is 0.497 e. The number of carbonyl (C=O) groups excluding carboxylic acids is 4. The summed E-state index contributed by atoms with van der Waals surface area (Å²) in [5.74, 6) is -1.76. The van der Waals surface area contributed by atoms with Crippen LogP contribution in [0.5, 0.6) is 5.75 Å². The van der Waals surface area contributed by atoms with Crippen molar-refractivity contribution in [2.45, 2.75) is 6.92 Å². The number of carbonyl (C=O) groups is 4. The summed E-state index contributed by atoms with van der Waals surface area (Å²) in [7, 11) is 3.97. The molecule has 0 saturated heterocycles. The van der Waals surface area contributed by atoms with E-state index in [9.17, 15) is 19.2 Å². The Hall–Kier alpha value is -4.18. The van der Waals surface area contributed by atoms with Crippen molar-refractivity contribution < 1.29 is 33.4 Å². The van der Waals surface area contributed by atoms with Gasteiger partial charge in [0.2, 0.25) is 0 Å². The second kappa shape index (κ2) is 10.6. The smallest absolute Gasteiger partial charge is 0.341 e. The SMILES string of the molecule is COC(=O)c1ccccc1NC(=O)c1sc(NC(=O)c2ccc(OC)cc2)c(C(=O)OC)c1C. The van der Waals surface area contributed by atoms with Gasteiger partial charge in [-0.05, 0) is 48.9 Å². The highest BCUT2D eigenvalue weighted by molar-refractivity contribution is 7.19. The number of benzene rings is 2. The van der Waals surface area contributed by atoms with Gasteiger partial charge in [0.1, 0.15) is 10.8 Å². The molecule has 0 bridgehead atoms. The summed E-state index contributed by atoms with van der Waals surface area (Å²) in [6.07, 6.45) is 0. The fourth-order valence-electron chi connectivity index (χ4n) is 3.14. The summed E-state index contributed by atoms with van der Waals surface area (Å²) in [6.45, 7) is 1.58. The first-order valence-corrected chi connectivity index (χ1v) is 10.8. The predicted molar refractivity (Wildman–Crippen MR) is 127 cm³/mol. The molecule has 1 aromatic heterocycles. The molecule has 0 aliphatic rings. The van der Waals surface area contributed by atoms with Gasteiger partial charge in [0.25, 0.3) is 11.8 Å². The number of hydrogen-bond donors (Lipinski definition) is 2. The number of ether oxygens (including phenoxy) is 3. The van der Waals surface area contributed by atoms with E-state index >= 15 is 0 Å². The number of amides is 2. The molecule has 0 spiro atoms. The normalized spacial score (nSPS) is 10.2. The summed E-state index contributed by atoms with van der Waals surface area (Å²) in [5, 5.41) is 5.52. The second-order valence-corrected chi connectivity index (χ2v) is 7.95. The molecule has 2 aromatic carbocycles. The predicted octanol–water partition coefficient (Wildman–Crippen LogP) is 4.14. The first-order valence-electron chi connectivity index (χ1n) is 9.96. The van der Waals surface area contributed by atoms with Crippen LogP contribution in [0.15, 0.2) is 48.5 Å². The molecule has 0 radical (unpaired) electrons. The van der Waals surface area contributed by atoms with Crippen molar-refractivity contribution in [3.05, 3.63) is 75.7 Å². The molecule has 2 N–H and O–H groups in total. The molecule has 0 atom stereocenters. The number of para-hydroxylation sites is 1. The van der Waals surface area contributed by atoms with Crippen molar-refractivity contribution in [2.75, 3.05) is 32.0 Å². The summed E-state index contributed by atoms with van der Waals surface area (Å²) in [5.41, 5.74) is 1.15. The molecular formula is C24H22N2O7S. The molecule has 3 aromatic rings. The average Bonchev–Trinajstić information content (AvgIpc) is 3.18. The second-order valence-electron chi connectivity index (χ2n) is 6.93. The minimum atomic E-state index is -0.701. The lowest BCUT2D eigenvalue weighted by Crippen LogP contribution is -2.15. The Bertz CT molecular complexity index is 1250. The molecule has 0 aliphatic heterocycles. The van der Waals surface area contributed by atoms with Crippen LogP contribution < -0.4 is 15.4 Å². The van der Waals surface area contributed by atoms with Gasteiger partial charge in [-0.2, -0.15) is 0 Å². The zero-order valence-electron chi connectivity index (χ0n) is 18.9. The summed E-state index contributed by atoms with van der Waals surface area (Å²) in [6, 6.07) is 12.8. The van der Waals surface area contributed by atoms with E-state index in [-0.39, 0.29) is 26.7 Å². The molecular weight excluding hydrogens is 460 g/mol. The van der Waals surface area contributed by atoms with Gasteiger partial charge in [0, 0.05) is 5.56 Å². The maximum atomic E-state index is 13.1. The minimum absolute atomic E-state index is 0.0702. The number of rotatable bonds is 7. The fourth-order valence-corrected chi connectivity index (χ4v) is 4.23. The van der Waals surface area contributed by atoms with E-state index in [0.29, 0.717) is 16.9 Å². The molecule has 0 saturated carbocycles. The van der Waals surface area contributed by atoms with E-state index in [0.717, 1.165) is 11.3 Å². The highest BCUT2D eigenvalue weighted by atomic mass is 32.1. The average molecular weight is 483 g/mol. The van der Waals surface area contributed by atoms with Crippen molar-refractivity contribution >= 4 is 45.8 Å². The molecule has 0 fully saturated rings. The number of esters is 2. The van der Waals surface area contributed by atoms with E-state index in [1.807, 2.05) is 0 Å². The Morgan fingerprint density at radius 2 is 1.44 bits per heavy atom. The van der Waals surface area contributed by atoms with Gasteiger partial charge < -0.3 is 24.8 Å². The van der Waals surface area contributed by atoms with Gasteiger partial charge in [0.15, 0.2) is 0 Å². The number of nitrogens with one attached hydrogen (secondary N) is 2. The Morgan fingerprint density at radius 3 is 2.06 bits per heavy atom. The van der Waals surface area contributed by atoms with Crippen LogP contribution in [0.25, 0.3) is 0 Å². The standard InChI is InChI=1S/C24H22N2O7S/c1-13-18(24(30)33-4)22(26-20(27)14-9-11-15(31-2)12-10-14)34-19(13)21(28)25-17-8-6-5-7-16(17)23(29)32-3/h5-12H,1-4H3,(H,25,28)(H,26,27). The van der Waals surface area contributed by atoms with Crippen molar-refractivity contribution in [1.82, 2.24) is 0 Å². The highest BCUT2D eigenvalue weighted by Gasteiger charge is 2.27. The third-order valence-corrected chi connectivity index (χ3v) is 6.11. The van der Waals surface area contributed by atoms with Gasteiger partial charge in [-0.15, -0.1) is 11.3 Å². The quantitative estimate of drug-likeness (QED) is 0.486. The monoisotopic (exact) mass is 482 g/mol. The lowest BCUT2D eigenvalue weighted by atomic mass is 10.1. The molecule has 9 nitrogen and oxygen atoms in total. The van der Waals surface area contributed by atoms with Crippen molar-refractivity contribution in [2.24, 2.45) is 0 Å². The van der Waals surface area contributed by atoms with E-state index in [2.05, 4.69) is 10.6 Å². The Labute approximate surface area is 199 Å². The molecule has 0 aliphatic carbocycles. The molecule has 3 rings (SSSR count). The van der Waals surface area contributed by atoms with E-state index in [1.54, 1.807) is 49.4 Å². The van der Waals surface area contributed by atoms with Gasteiger partial charge >= 0.3 is 11.9 Å². The van der Waals surface area contributed by atoms with Crippen LogP contribution in [0.3, 0.4) is 0 Å². The number of hydrogen-bond acceptors (Lipinski definition) is 8. The zero-order chi connectivity index (χ0) is 24.8. The van der Waals surface area contributed by atoms with E-state index < -0.39 is 23.8 Å². The maximum absolute atomic E-state index is 13.1. The first kappa shape index (κ1) is 24.5.